The number of hydrogen-bond donors (Lipinski definition) is 0. The van der Waals surface area contributed by atoms with Gasteiger partial charge in [-0.15, -0.1) is 11.3 Å². The van der Waals surface area contributed by atoms with Gasteiger partial charge in [0.25, 0.3) is 0 Å². The quantitative estimate of drug-likeness (QED) is 0.154. The zero-order chi connectivity index (χ0) is 44.0. The smallest absolute Gasteiger partial charge is 0.0720 e. The van der Waals surface area contributed by atoms with E-state index in [2.05, 4.69) is 255 Å². The molecule has 1 nitrogen and oxygen atoms in total. The summed E-state index contributed by atoms with van der Waals surface area (Å²) in [7, 11) is 0. The molecule has 0 radical (unpaired) electrons. The molecule has 0 saturated carbocycles. The molecule has 0 amide bonds. The van der Waals surface area contributed by atoms with Gasteiger partial charge in [0.05, 0.1) is 11.1 Å². The summed E-state index contributed by atoms with van der Waals surface area (Å²) in [6, 6.07) is 88.3. The molecule has 1 heterocycles. The van der Waals surface area contributed by atoms with E-state index in [0.29, 0.717) is 0 Å². The van der Waals surface area contributed by atoms with Crippen LogP contribution in [-0.2, 0) is 10.8 Å². The summed E-state index contributed by atoms with van der Waals surface area (Å²) >= 11 is 1.89. The van der Waals surface area contributed by atoms with E-state index in [1.165, 1.54) is 98.1 Å². The van der Waals surface area contributed by atoms with Crippen molar-refractivity contribution in [2.24, 2.45) is 0 Å². The average molecular weight is 860 g/mol. The Morgan fingerprint density at radius 3 is 1.70 bits per heavy atom. The first-order valence-corrected chi connectivity index (χ1v) is 23.8. The number of hydrogen-bond acceptors (Lipinski definition) is 2. The fourth-order valence-corrected chi connectivity index (χ4v) is 12.9. The summed E-state index contributed by atoms with van der Waals surface area (Å²) in [6.45, 7) is 4.76. The van der Waals surface area contributed by atoms with E-state index in [4.69, 9.17) is 0 Å². The van der Waals surface area contributed by atoms with Crippen molar-refractivity contribution in [1.82, 2.24) is 0 Å². The maximum Gasteiger partial charge on any atom is 0.0720 e. The molecule has 0 bridgehead atoms. The standard InChI is InChI=1S/C64H45NS/c1-63(2)54-29-13-10-24-49(54)50-40-39-46(41-58(50)63)65(45-37-35-43(36-38-45)48-27-17-28-52-51-25-12-16-34-60(51)66-62(48)52)59-33-18-32-57-61(59)53-26-11-15-31-56(53)64(57,44-21-7-4-8-22-44)55-30-14-9-23-47(55)42-19-5-3-6-20-42/h3-41H,1-2H3. The van der Waals surface area contributed by atoms with Gasteiger partial charge in [0.15, 0.2) is 0 Å². The summed E-state index contributed by atoms with van der Waals surface area (Å²) in [6.07, 6.45) is 0. The van der Waals surface area contributed by atoms with Crippen molar-refractivity contribution in [3.8, 4) is 44.5 Å². The largest absolute Gasteiger partial charge is 0.310 e. The highest BCUT2D eigenvalue weighted by atomic mass is 32.1. The minimum Gasteiger partial charge on any atom is -0.310 e. The van der Waals surface area contributed by atoms with Crippen molar-refractivity contribution in [3.05, 3.63) is 270 Å². The van der Waals surface area contributed by atoms with Gasteiger partial charge in [-0.2, -0.15) is 0 Å². The first-order valence-electron chi connectivity index (χ1n) is 23.0. The highest BCUT2D eigenvalue weighted by molar-refractivity contribution is 7.26. The van der Waals surface area contributed by atoms with E-state index >= 15 is 0 Å². The molecule has 0 spiro atoms. The van der Waals surface area contributed by atoms with E-state index in [-0.39, 0.29) is 5.41 Å². The Hall–Kier alpha value is -7.78. The molecule has 2 aliphatic carbocycles. The number of nitrogens with zero attached hydrogens (tertiary/aromatic N) is 1. The van der Waals surface area contributed by atoms with Crippen LogP contribution in [0.4, 0.5) is 17.1 Å². The summed E-state index contributed by atoms with van der Waals surface area (Å²) < 4.78 is 2.65. The Morgan fingerprint density at radius 2 is 0.909 bits per heavy atom. The van der Waals surface area contributed by atoms with Crippen LogP contribution in [0.3, 0.4) is 0 Å². The second kappa shape index (κ2) is 14.9. The van der Waals surface area contributed by atoms with E-state index in [0.717, 1.165) is 17.1 Å². The SMILES string of the molecule is CC1(C)c2ccccc2-c2ccc(N(c3ccc(-c4cccc5c4sc4ccccc45)cc3)c3cccc4c3-c3ccccc3C4(c3ccccc3)c3ccccc3-c3ccccc3)cc21. The van der Waals surface area contributed by atoms with Crippen molar-refractivity contribution in [3.63, 3.8) is 0 Å². The Kier molecular flexibility index (Phi) is 8.72. The van der Waals surface area contributed by atoms with Crippen LogP contribution in [0, 0.1) is 0 Å². The van der Waals surface area contributed by atoms with Gasteiger partial charge < -0.3 is 4.90 Å². The maximum atomic E-state index is 2.53. The summed E-state index contributed by atoms with van der Waals surface area (Å²) in [5, 5.41) is 2.63. The minimum atomic E-state index is -0.602. The summed E-state index contributed by atoms with van der Waals surface area (Å²) in [5.41, 5.74) is 20.5. The first-order chi connectivity index (χ1) is 32.5. The van der Waals surface area contributed by atoms with E-state index < -0.39 is 5.41 Å². The lowest BCUT2D eigenvalue weighted by Crippen LogP contribution is -2.29. The second-order valence-corrected chi connectivity index (χ2v) is 19.4. The van der Waals surface area contributed by atoms with Crippen LogP contribution in [0.1, 0.15) is 47.2 Å². The normalized spacial score (nSPS) is 15.3. The van der Waals surface area contributed by atoms with Gasteiger partial charge >= 0.3 is 0 Å². The third-order valence-electron chi connectivity index (χ3n) is 14.6. The minimum absolute atomic E-state index is 0.157. The van der Waals surface area contributed by atoms with Gasteiger partial charge in [-0.05, 0) is 109 Å². The van der Waals surface area contributed by atoms with E-state index in [1.54, 1.807) is 0 Å². The Balaban J connectivity index is 1.07. The van der Waals surface area contributed by atoms with Crippen LogP contribution in [0.15, 0.2) is 237 Å². The predicted octanol–water partition coefficient (Wildman–Crippen LogP) is 17.5. The Bertz CT molecular complexity index is 3670. The zero-order valence-corrected chi connectivity index (χ0v) is 37.7. The predicted molar refractivity (Wildman–Crippen MR) is 280 cm³/mol. The molecule has 0 fully saturated rings. The van der Waals surface area contributed by atoms with Gasteiger partial charge in [-0.25, -0.2) is 0 Å². The molecule has 2 heteroatoms. The van der Waals surface area contributed by atoms with Crippen molar-refractivity contribution >= 4 is 48.6 Å². The van der Waals surface area contributed by atoms with Crippen molar-refractivity contribution in [2.45, 2.75) is 24.7 Å². The molecule has 1 atom stereocenters. The molecular weight excluding hydrogens is 815 g/mol. The van der Waals surface area contributed by atoms with Crippen LogP contribution in [0.25, 0.3) is 64.7 Å². The molecule has 0 aliphatic heterocycles. The van der Waals surface area contributed by atoms with Crippen molar-refractivity contribution in [1.29, 1.82) is 0 Å². The number of thiophene rings is 1. The molecule has 0 N–H and O–H groups in total. The number of anilines is 3. The molecule has 2 aliphatic rings. The fraction of sp³-hybridized carbons (Fsp3) is 0.0625. The lowest BCUT2D eigenvalue weighted by atomic mass is 9.66. The van der Waals surface area contributed by atoms with Crippen LogP contribution in [-0.4, -0.2) is 0 Å². The lowest BCUT2D eigenvalue weighted by molar-refractivity contribution is 0.660. The number of fused-ring (bicyclic) bond motifs is 9. The monoisotopic (exact) mass is 859 g/mol. The molecule has 0 saturated heterocycles. The van der Waals surface area contributed by atoms with Crippen LogP contribution in [0.2, 0.25) is 0 Å². The molecule has 10 aromatic carbocycles. The van der Waals surface area contributed by atoms with E-state index in [1.807, 2.05) is 11.3 Å². The Labute approximate surface area is 390 Å². The summed E-state index contributed by atoms with van der Waals surface area (Å²) in [4.78, 5) is 2.53. The number of rotatable bonds is 7. The molecule has 11 aromatic rings. The second-order valence-electron chi connectivity index (χ2n) is 18.3. The van der Waals surface area contributed by atoms with Crippen LogP contribution < -0.4 is 4.90 Å². The van der Waals surface area contributed by atoms with Gasteiger partial charge in [0.2, 0.25) is 0 Å². The van der Waals surface area contributed by atoms with Gasteiger partial charge in [-0.1, -0.05) is 214 Å². The lowest BCUT2D eigenvalue weighted by Gasteiger charge is -2.36. The topological polar surface area (TPSA) is 3.24 Å². The Morgan fingerprint density at radius 1 is 0.364 bits per heavy atom. The highest BCUT2D eigenvalue weighted by Crippen LogP contribution is 2.61. The fourth-order valence-electron chi connectivity index (χ4n) is 11.6. The van der Waals surface area contributed by atoms with Gasteiger partial charge in [0.1, 0.15) is 0 Å². The van der Waals surface area contributed by atoms with Crippen molar-refractivity contribution in [2.75, 3.05) is 4.90 Å². The third kappa shape index (κ3) is 5.58. The number of benzene rings is 10. The van der Waals surface area contributed by atoms with E-state index in [9.17, 15) is 0 Å². The highest BCUT2D eigenvalue weighted by Gasteiger charge is 2.48. The molecule has 66 heavy (non-hydrogen) atoms. The first kappa shape index (κ1) is 38.7. The van der Waals surface area contributed by atoms with Gasteiger partial charge in [0, 0.05) is 42.5 Å². The molecule has 1 unspecified atom stereocenters. The third-order valence-corrected chi connectivity index (χ3v) is 15.8. The van der Waals surface area contributed by atoms with Crippen molar-refractivity contribution < 1.29 is 0 Å². The van der Waals surface area contributed by atoms with Gasteiger partial charge in [-0.3, -0.25) is 0 Å². The zero-order valence-electron chi connectivity index (χ0n) is 36.9. The van der Waals surface area contributed by atoms with Crippen LogP contribution >= 0.6 is 11.3 Å². The molecule has 312 valence electrons. The molecule has 1 aromatic heterocycles. The molecule has 13 rings (SSSR count). The maximum absolute atomic E-state index is 2.53. The average Bonchev–Trinajstić information content (AvgIpc) is 3.99. The van der Waals surface area contributed by atoms with Crippen LogP contribution in [0.5, 0.6) is 0 Å². The molecular formula is C64H45NS. The summed E-state index contributed by atoms with van der Waals surface area (Å²) in [5.74, 6) is 0.